The number of hydrogen-bond acceptors (Lipinski definition) is 14. The van der Waals surface area contributed by atoms with Crippen LogP contribution in [0.15, 0.2) is 47.2 Å². The average Bonchev–Trinajstić information content (AvgIpc) is 3.74. The van der Waals surface area contributed by atoms with Gasteiger partial charge >= 0.3 is 0 Å². The van der Waals surface area contributed by atoms with Crippen molar-refractivity contribution in [3.63, 3.8) is 0 Å². The van der Waals surface area contributed by atoms with Gasteiger partial charge in [0.15, 0.2) is 47.3 Å². The van der Waals surface area contributed by atoms with Crippen molar-refractivity contribution < 1.29 is 33.4 Å². The number of aromatic nitrogens is 5. The molecule has 1 aliphatic rings. The van der Waals surface area contributed by atoms with Crippen LogP contribution >= 0.6 is 0 Å². The Labute approximate surface area is 240 Å². The van der Waals surface area contributed by atoms with E-state index in [1.165, 1.54) is 6.33 Å². The normalized spacial score (nSPS) is 20.7. The number of fused-ring (bicyclic) bond motifs is 1. The molecule has 42 heavy (non-hydrogen) atoms. The van der Waals surface area contributed by atoms with Crippen molar-refractivity contribution in [1.29, 1.82) is 0 Å². The molecule has 5 N–H and O–H groups in total. The standard InChI is InChI=1S/C27H32N8O7/c1-2-17-11-19(42-34-17)21-22(39-14-37)23(40-15-38)26(41-21)35-13-30-20-24(32-27(29-9-8-28)33-25(20)35)31-18(12-36)10-16-6-4-3-5-7-16/h3-7,11,13-15,18,21-23,26,36H,2,8-10,12,28H2,1H3,(H2,29,31,32,33)/t18-,21+,22+,23+,26+/m0/s1. The van der Waals surface area contributed by atoms with Gasteiger partial charge in [0, 0.05) is 19.2 Å². The zero-order valence-corrected chi connectivity index (χ0v) is 22.8. The summed E-state index contributed by atoms with van der Waals surface area (Å²) in [7, 11) is 0. The summed E-state index contributed by atoms with van der Waals surface area (Å²) in [6.45, 7) is 2.99. The number of nitrogens with zero attached hydrogens (tertiary/aromatic N) is 5. The number of hydrogen-bond donors (Lipinski definition) is 4. The number of rotatable bonds is 15. The van der Waals surface area contributed by atoms with Crippen LogP contribution in [-0.4, -0.2) is 80.7 Å². The fraction of sp³-hybridized carbons (Fsp3) is 0.407. The average molecular weight is 581 g/mol. The highest BCUT2D eigenvalue weighted by atomic mass is 16.6. The number of imidazole rings is 1. The predicted molar refractivity (Wildman–Crippen MR) is 148 cm³/mol. The van der Waals surface area contributed by atoms with Gasteiger partial charge in [-0.15, -0.1) is 0 Å². The van der Waals surface area contributed by atoms with E-state index in [0.717, 1.165) is 5.56 Å². The van der Waals surface area contributed by atoms with Crippen LogP contribution in [0.4, 0.5) is 11.8 Å². The van der Waals surface area contributed by atoms with E-state index in [2.05, 4.69) is 30.7 Å². The largest absolute Gasteiger partial charge is 0.457 e. The van der Waals surface area contributed by atoms with Crippen LogP contribution in [0.2, 0.25) is 0 Å². The first-order valence-corrected chi connectivity index (χ1v) is 13.5. The number of ether oxygens (including phenoxy) is 3. The molecule has 4 heterocycles. The molecule has 0 radical (unpaired) electrons. The highest BCUT2D eigenvalue weighted by Gasteiger charge is 2.51. The van der Waals surface area contributed by atoms with Crippen molar-refractivity contribution in [1.82, 2.24) is 24.7 Å². The maximum atomic E-state index is 11.6. The lowest BCUT2D eigenvalue weighted by Crippen LogP contribution is -2.34. The molecule has 5 rings (SSSR count). The lowest BCUT2D eigenvalue weighted by atomic mass is 10.1. The molecule has 0 saturated carbocycles. The smallest absolute Gasteiger partial charge is 0.293 e. The number of nitrogens with two attached hydrogens (primary N) is 1. The minimum absolute atomic E-state index is 0.170. The maximum Gasteiger partial charge on any atom is 0.293 e. The number of aliphatic hydroxyl groups is 1. The second-order valence-corrected chi connectivity index (χ2v) is 9.56. The number of aryl methyl sites for hydroxylation is 1. The molecule has 0 spiro atoms. The molecule has 1 saturated heterocycles. The zero-order chi connectivity index (χ0) is 29.5. The van der Waals surface area contributed by atoms with E-state index >= 15 is 0 Å². The van der Waals surface area contributed by atoms with Gasteiger partial charge in [-0.1, -0.05) is 42.4 Å². The Kier molecular flexibility index (Phi) is 9.21. The predicted octanol–water partition coefficient (Wildman–Crippen LogP) is 1.12. The Bertz CT molecular complexity index is 1480. The summed E-state index contributed by atoms with van der Waals surface area (Å²) in [5, 5.41) is 20.5. The molecule has 0 aliphatic carbocycles. The minimum Gasteiger partial charge on any atom is -0.457 e. The number of anilines is 2. The van der Waals surface area contributed by atoms with Crippen LogP contribution in [-0.2, 0) is 36.6 Å². The van der Waals surface area contributed by atoms with Crippen LogP contribution in [0.5, 0.6) is 0 Å². The van der Waals surface area contributed by atoms with E-state index in [9.17, 15) is 14.7 Å². The first kappa shape index (κ1) is 28.9. The fourth-order valence-electron chi connectivity index (χ4n) is 4.86. The lowest BCUT2D eigenvalue weighted by Gasteiger charge is -2.21. The van der Waals surface area contributed by atoms with Gasteiger partial charge in [0.1, 0.15) is 0 Å². The SMILES string of the molecule is CCc1cc([C@H]2O[C@@H](n3cnc4c(N[C@H](CO)Cc5ccccc5)nc(NCCN)nc43)[C@H](OC=O)[C@@H]2OC=O)on1. The van der Waals surface area contributed by atoms with E-state index in [1.54, 1.807) is 10.6 Å². The lowest BCUT2D eigenvalue weighted by molar-refractivity contribution is -0.151. The van der Waals surface area contributed by atoms with Gasteiger partial charge in [-0.05, 0) is 18.4 Å². The van der Waals surface area contributed by atoms with Gasteiger partial charge in [0.25, 0.3) is 12.9 Å². The number of benzene rings is 1. The first-order valence-electron chi connectivity index (χ1n) is 13.5. The molecular weight excluding hydrogens is 548 g/mol. The fourth-order valence-corrected chi connectivity index (χ4v) is 4.86. The summed E-state index contributed by atoms with van der Waals surface area (Å²) in [5.41, 5.74) is 8.09. The van der Waals surface area contributed by atoms with Gasteiger partial charge in [-0.2, -0.15) is 9.97 Å². The monoisotopic (exact) mass is 580 g/mol. The van der Waals surface area contributed by atoms with E-state index in [1.807, 2.05) is 37.3 Å². The summed E-state index contributed by atoms with van der Waals surface area (Å²) in [6.07, 6.45) is -1.48. The van der Waals surface area contributed by atoms with Gasteiger partial charge in [0.05, 0.1) is 24.7 Å². The highest BCUT2D eigenvalue weighted by molar-refractivity contribution is 5.84. The molecule has 0 amide bonds. The van der Waals surface area contributed by atoms with Crippen molar-refractivity contribution >= 4 is 35.9 Å². The summed E-state index contributed by atoms with van der Waals surface area (Å²) >= 11 is 0. The maximum absolute atomic E-state index is 11.6. The van der Waals surface area contributed by atoms with Crippen LogP contribution in [0, 0.1) is 0 Å². The third kappa shape index (κ3) is 6.02. The summed E-state index contributed by atoms with van der Waals surface area (Å²) in [5.74, 6) is 0.915. The van der Waals surface area contributed by atoms with Crippen molar-refractivity contribution in [2.24, 2.45) is 5.73 Å². The Morgan fingerprint density at radius 1 is 1.17 bits per heavy atom. The molecule has 222 valence electrons. The second-order valence-electron chi connectivity index (χ2n) is 9.56. The molecule has 3 aromatic heterocycles. The number of carbonyl (C=O) groups is 2. The second kappa shape index (κ2) is 13.4. The van der Waals surface area contributed by atoms with Crippen molar-refractivity contribution in [3.8, 4) is 0 Å². The molecule has 5 atom stereocenters. The Balaban J connectivity index is 1.54. The Hall–Kier alpha value is -4.60. The summed E-state index contributed by atoms with van der Waals surface area (Å²) < 4.78 is 24.0. The molecule has 1 aromatic carbocycles. The van der Waals surface area contributed by atoms with Crippen molar-refractivity contribution in [2.75, 3.05) is 30.3 Å². The Morgan fingerprint density at radius 2 is 1.95 bits per heavy atom. The van der Waals surface area contributed by atoms with E-state index in [-0.39, 0.29) is 31.5 Å². The van der Waals surface area contributed by atoms with Gasteiger partial charge in [-0.25, -0.2) is 4.98 Å². The van der Waals surface area contributed by atoms with Crippen LogP contribution < -0.4 is 16.4 Å². The quantitative estimate of drug-likeness (QED) is 0.146. The van der Waals surface area contributed by atoms with Gasteiger partial charge in [0.2, 0.25) is 5.95 Å². The number of aliphatic hydroxyl groups excluding tert-OH is 1. The number of nitrogens with one attached hydrogen (secondary N) is 2. The number of carbonyl (C=O) groups excluding carboxylic acids is 2. The molecule has 0 bridgehead atoms. The van der Waals surface area contributed by atoms with Crippen molar-refractivity contribution in [3.05, 3.63) is 59.7 Å². The highest BCUT2D eigenvalue weighted by Crippen LogP contribution is 2.43. The molecule has 0 unspecified atom stereocenters. The van der Waals surface area contributed by atoms with Crippen molar-refractivity contribution in [2.45, 2.75) is 50.3 Å². The third-order valence-corrected chi connectivity index (χ3v) is 6.84. The summed E-state index contributed by atoms with van der Waals surface area (Å²) in [4.78, 5) is 36.7. The van der Waals surface area contributed by atoms with Crippen LogP contribution in [0.25, 0.3) is 11.2 Å². The van der Waals surface area contributed by atoms with Gasteiger partial charge in [-0.3, -0.25) is 14.2 Å². The minimum atomic E-state index is -1.08. The molecule has 4 aromatic rings. The van der Waals surface area contributed by atoms with E-state index < -0.39 is 24.5 Å². The van der Waals surface area contributed by atoms with E-state index in [4.69, 9.17) is 24.5 Å². The molecule has 15 nitrogen and oxygen atoms in total. The first-order chi connectivity index (χ1) is 20.6. The van der Waals surface area contributed by atoms with Crippen LogP contribution in [0.1, 0.15) is 36.3 Å². The molecule has 1 aliphatic heterocycles. The zero-order valence-electron chi connectivity index (χ0n) is 22.8. The third-order valence-electron chi connectivity index (χ3n) is 6.84. The molecular formula is C27H32N8O7. The molecule has 15 heteroatoms. The molecule has 1 fully saturated rings. The summed E-state index contributed by atoms with van der Waals surface area (Å²) in [6, 6.07) is 11.0. The van der Waals surface area contributed by atoms with Crippen LogP contribution in [0.3, 0.4) is 0 Å². The topological polar surface area (TPSA) is 202 Å². The van der Waals surface area contributed by atoms with E-state index in [0.29, 0.717) is 54.4 Å². The Morgan fingerprint density at radius 3 is 2.64 bits per heavy atom. The van der Waals surface area contributed by atoms with Gasteiger partial charge < -0.3 is 40.2 Å².